The molecular weight excluding hydrogens is 863 g/mol. The first-order valence-corrected chi connectivity index (χ1v) is 20.8. The number of carbonyl (C=O) groups is 2. The van der Waals surface area contributed by atoms with Gasteiger partial charge in [-0.15, -0.1) is 22.7 Å². The van der Waals surface area contributed by atoms with Gasteiger partial charge in [-0.25, -0.2) is 29.9 Å². The third kappa shape index (κ3) is 12.9. The van der Waals surface area contributed by atoms with Crippen LogP contribution in [-0.2, 0) is 0 Å². The Hall–Kier alpha value is -5.73. The number of aliphatic hydroxyl groups excluding tert-OH is 1. The second-order valence-electron chi connectivity index (χ2n) is 12.4. The smallest absolute Gasteiger partial charge is 1.00 e. The number of rotatable bonds is 14. The van der Waals surface area contributed by atoms with Gasteiger partial charge in [0.25, 0.3) is 11.8 Å². The van der Waals surface area contributed by atoms with Crippen molar-refractivity contribution in [1.29, 1.82) is 0 Å². The number of fused-ring (bicyclic) bond motifs is 2. The number of amides is 2. The van der Waals surface area contributed by atoms with Crippen LogP contribution >= 0.6 is 34.3 Å². The molecule has 0 bridgehead atoms. The van der Waals surface area contributed by atoms with Crippen molar-refractivity contribution < 1.29 is 59.9 Å². The van der Waals surface area contributed by atoms with Crippen LogP contribution in [0.25, 0.3) is 42.7 Å². The van der Waals surface area contributed by atoms with Crippen molar-refractivity contribution in [2.45, 2.75) is 12.8 Å². The monoisotopic (exact) mass is 902 g/mol. The van der Waals surface area contributed by atoms with E-state index in [-0.39, 0.29) is 49.4 Å². The predicted molar refractivity (Wildman–Crippen MR) is 235 cm³/mol. The number of aliphatic hydroxyl groups is 1. The molecule has 62 heavy (non-hydrogen) atoms. The number of hydrogen-bond donors (Lipinski definition) is 3. The second-order valence-corrected chi connectivity index (χ2v) is 14.5. The first-order valence-electron chi connectivity index (χ1n) is 18.7. The first kappa shape index (κ1) is 47.3. The van der Waals surface area contributed by atoms with E-state index in [2.05, 4.69) is 50.5 Å². The molecule has 0 saturated carbocycles. The first-order chi connectivity index (χ1) is 29.9. The Morgan fingerprint density at radius 1 is 0.661 bits per heavy atom. The second kappa shape index (κ2) is 24.6. The normalized spacial score (nSPS) is 10.3. The Bertz CT molecular complexity index is 2640. The van der Waals surface area contributed by atoms with Gasteiger partial charge in [0.1, 0.15) is 50.4 Å². The molecule has 8 rings (SSSR count). The van der Waals surface area contributed by atoms with Gasteiger partial charge in [0.15, 0.2) is 0 Å². The van der Waals surface area contributed by atoms with Crippen molar-refractivity contribution in [2.75, 3.05) is 40.5 Å². The van der Waals surface area contributed by atoms with Gasteiger partial charge in [-0.2, -0.15) is 0 Å². The zero-order chi connectivity index (χ0) is 42.8. The van der Waals surface area contributed by atoms with Crippen LogP contribution in [0.4, 0.5) is 0 Å². The van der Waals surface area contributed by atoms with E-state index in [1.54, 1.807) is 73.4 Å². The minimum absolute atomic E-state index is 0. The fourth-order valence-corrected chi connectivity index (χ4v) is 7.51. The summed E-state index contributed by atoms with van der Waals surface area (Å²) in [5.41, 5.74) is 4.79. The number of ether oxygens (including phenoxy) is 3. The molecule has 8 heterocycles. The molecule has 0 aromatic carbocycles. The SMILES string of the molecule is CNC(=O)c1ccc(OCCCO)cn1.CNC(=O)c1ccc(OCCCOc2ncnc3scc(-c4cccnc4)c23)cn1.Clc1ncnc2scc(-c3cccnc3)c12.[H-].[Na+]. The van der Waals surface area contributed by atoms with E-state index in [0.717, 1.165) is 42.7 Å². The van der Waals surface area contributed by atoms with Gasteiger partial charge < -0.3 is 31.4 Å². The molecule has 0 radical (unpaired) electrons. The van der Waals surface area contributed by atoms with Crippen molar-refractivity contribution in [1.82, 2.24) is 50.5 Å². The molecule has 0 aliphatic heterocycles. The number of hydrogen-bond acceptors (Lipinski definition) is 16. The number of aromatic nitrogens is 8. The minimum Gasteiger partial charge on any atom is -1.00 e. The standard InChI is InChI=1S/C21H19N5O3S.C11H6ClN3S.C10H14N2O3.Na.H/c1-22-19(27)17-6-5-15(11-24-17)28-8-3-9-29-20-18-16(14-4-2-7-23-10-14)12-30-21(18)26-13-25-20;12-10-9-8(7-2-1-3-13-4-7)5-16-11(9)15-6-14-10;1-11-10(14)9-4-3-8(7-12-9)15-6-2-5-13;;/h2,4-7,10-13H,3,8-9H2,1H3,(H,22,27);1-6H;3-4,7,13H,2,5-6H2,1H3,(H,11,14);;/q;;;+1;-1. The molecule has 0 atom stereocenters. The molecule has 314 valence electrons. The van der Waals surface area contributed by atoms with Gasteiger partial charge in [0.2, 0.25) is 5.88 Å². The summed E-state index contributed by atoms with van der Waals surface area (Å²) in [6, 6.07) is 14.4. The number of carbonyl (C=O) groups excluding carboxylic acids is 2. The van der Waals surface area contributed by atoms with Crippen LogP contribution in [0.2, 0.25) is 5.15 Å². The molecule has 0 aliphatic carbocycles. The summed E-state index contributed by atoms with van der Waals surface area (Å²) in [4.78, 5) is 57.6. The van der Waals surface area contributed by atoms with Crippen molar-refractivity contribution in [2.24, 2.45) is 0 Å². The van der Waals surface area contributed by atoms with Gasteiger partial charge in [-0.1, -0.05) is 23.7 Å². The van der Waals surface area contributed by atoms with E-state index >= 15 is 0 Å². The zero-order valence-corrected chi connectivity index (χ0v) is 38.3. The van der Waals surface area contributed by atoms with Crippen molar-refractivity contribution in [3.63, 3.8) is 0 Å². The summed E-state index contributed by atoms with van der Waals surface area (Å²) in [6.07, 6.45) is 14.4. The van der Waals surface area contributed by atoms with Crippen LogP contribution in [0, 0.1) is 0 Å². The maximum absolute atomic E-state index is 11.5. The van der Waals surface area contributed by atoms with Crippen LogP contribution in [0.15, 0.2) is 109 Å². The van der Waals surface area contributed by atoms with Crippen LogP contribution < -0.4 is 54.4 Å². The van der Waals surface area contributed by atoms with Gasteiger partial charge in [-0.05, 0) is 36.4 Å². The topological polar surface area (TPSA) is 209 Å². The van der Waals surface area contributed by atoms with Crippen LogP contribution in [0.3, 0.4) is 0 Å². The average molecular weight is 903 g/mol. The molecule has 0 aliphatic rings. The molecule has 3 N–H and O–H groups in total. The van der Waals surface area contributed by atoms with Gasteiger partial charge in [0.05, 0.1) is 43.0 Å². The van der Waals surface area contributed by atoms with E-state index in [0.29, 0.717) is 66.6 Å². The largest absolute Gasteiger partial charge is 1.00 e. The third-order valence-corrected chi connectivity index (χ3v) is 10.4. The molecule has 0 fully saturated rings. The predicted octanol–water partition coefficient (Wildman–Crippen LogP) is 4.08. The number of nitrogens with one attached hydrogen (secondary N) is 2. The summed E-state index contributed by atoms with van der Waals surface area (Å²) < 4.78 is 16.9. The quantitative estimate of drug-likeness (QED) is 0.0799. The van der Waals surface area contributed by atoms with Crippen LogP contribution in [0.1, 0.15) is 35.2 Å². The molecule has 2 amide bonds. The number of nitrogens with zero attached hydrogens (tertiary/aromatic N) is 8. The molecule has 0 unspecified atom stereocenters. The van der Waals surface area contributed by atoms with Crippen molar-refractivity contribution >= 4 is 66.5 Å². The van der Waals surface area contributed by atoms with Gasteiger partial charge >= 0.3 is 29.6 Å². The van der Waals surface area contributed by atoms with E-state index in [1.807, 2.05) is 47.4 Å². The summed E-state index contributed by atoms with van der Waals surface area (Å²) in [6.45, 7) is 1.44. The molecule has 20 heteroatoms. The summed E-state index contributed by atoms with van der Waals surface area (Å²) in [5, 5.41) is 19.9. The Balaban J connectivity index is 0.000000224. The molecule has 8 aromatic rings. The number of thiophene rings is 2. The molecule has 0 spiro atoms. The summed E-state index contributed by atoms with van der Waals surface area (Å²) >= 11 is 9.20. The maximum atomic E-state index is 11.5. The maximum Gasteiger partial charge on any atom is 1.00 e. The number of pyridine rings is 4. The Labute approximate surface area is 393 Å². The third-order valence-electron chi connectivity index (χ3n) is 8.36. The number of halogens is 1. The van der Waals surface area contributed by atoms with Gasteiger partial charge in [-0.3, -0.25) is 19.6 Å². The molecule has 8 aromatic heterocycles. The Kier molecular flexibility index (Phi) is 18.8. The molecular formula is C42H40ClN10NaO6S2. The van der Waals surface area contributed by atoms with Gasteiger partial charge in [0, 0.05) is 91.3 Å². The van der Waals surface area contributed by atoms with Crippen LogP contribution in [-0.4, -0.2) is 97.3 Å². The van der Waals surface area contributed by atoms with Crippen molar-refractivity contribution in [3.05, 3.63) is 126 Å². The summed E-state index contributed by atoms with van der Waals surface area (Å²) in [7, 11) is 3.12. The fourth-order valence-electron chi connectivity index (χ4n) is 5.39. The van der Waals surface area contributed by atoms with E-state index < -0.39 is 0 Å². The Morgan fingerprint density at radius 2 is 1.18 bits per heavy atom. The fraction of sp³-hybridized carbons (Fsp3) is 0.190. The molecule has 16 nitrogen and oxygen atoms in total. The minimum atomic E-state index is -0.231. The van der Waals surface area contributed by atoms with E-state index in [9.17, 15) is 9.59 Å². The van der Waals surface area contributed by atoms with Crippen molar-refractivity contribution in [3.8, 4) is 39.6 Å². The zero-order valence-electron chi connectivity index (χ0n) is 34.9. The Morgan fingerprint density at radius 3 is 1.68 bits per heavy atom. The average Bonchev–Trinajstić information content (AvgIpc) is 3.97. The molecule has 0 saturated heterocycles. The van der Waals surface area contributed by atoms with Crippen LogP contribution in [0.5, 0.6) is 17.4 Å². The van der Waals surface area contributed by atoms with E-state index in [4.69, 9.17) is 30.9 Å². The van der Waals surface area contributed by atoms with E-state index in [1.165, 1.54) is 25.0 Å². The summed E-state index contributed by atoms with van der Waals surface area (Å²) in [5.74, 6) is 1.29.